The van der Waals surface area contributed by atoms with E-state index in [0.717, 1.165) is 27.8 Å². The fourth-order valence-corrected chi connectivity index (χ4v) is 3.33. The van der Waals surface area contributed by atoms with Crippen LogP contribution in [0.1, 0.15) is 17.7 Å². The molecule has 0 saturated carbocycles. The Morgan fingerprint density at radius 2 is 2.00 bits per heavy atom. The van der Waals surface area contributed by atoms with Crippen LogP contribution >= 0.6 is 0 Å². The summed E-state index contributed by atoms with van der Waals surface area (Å²) in [6.07, 6.45) is 0.240. The highest BCUT2D eigenvalue weighted by Crippen LogP contribution is 2.25. The molecule has 0 unspecified atom stereocenters. The van der Waals surface area contributed by atoms with Crippen LogP contribution in [0.5, 0.6) is 0 Å². The summed E-state index contributed by atoms with van der Waals surface area (Å²) in [7, 11) is 0. The molecule has 6 nitrogen and oxygen atoms in total. The molecule has 2 aromatic carbocycles. The lowest BCUT2D eigenvalue weighted by Crippen LogP contribution is -2.32. The van der Waals surface area contributed by atoms with E-state index in [0.29, 0.717) is 13.1 Å². The number of H-pyrrole nitrogens is 1. The van der Waals surface area contributed by atoms with E-state index in [-0.39, 0.29) is 24.2 Å². The number of aryl methyl sites for hydroxylation is 1. The molecular weight excluding hydrogens is 328 g/mol. The van der Waals surface area contributed by atoms with Gasteiger partial charge >= 0.3 is 0 Å². The van der Waals surface area contributed by atoms with E-state index in [1.807, 2.05) is 55.5 Å². The fraction of sp³-hybridized carbons (Fsp3) is 0.250. The van der Waals surface area contributed by atoms with Crippen molar-refractivity contribution in [3.63, 3.8) is 0 Å². The Bertz CT molecular complexity index is 961. The molecule has 3 aromatic rings. The average Bonchev–Trinajstić information content (AvgIpc) is 3.24. The van der Waals surface area contributed by atoms with Gasteiger partial charge in [0.2, 0.25) is 11.8 Å². The number of aromatic amines is 1. The third-order valence-electron chi connectivity index (χ3n) is 4.82. The van der Waals surface area contributed by atoms with Gasteiger partial charge in [0.1, 0.15) is 0 Å². The number of carbonyl (C=O) groups is 2. The second-order valence-electron chi connectivity index (χ2n) is 6.68. The van der Waals surface area contributed by atoms with Gasteiger partial charge in [-0.25, -0.2) is 0 Å². The first kappa shape index (κ1) is 16.3. The molecular formula is C20H20N4O2. The monoisotopic (exact) mass is 348 g/mol. The van der Waals surface area contributed by atoms with Crippen LogP contribution in [0.15, 0.2) is 48.5 Å². The van der Waals surface area contributed by atoms with Crippen LogP contribution in [0.25, 0.3) is 10.9 Å². The molecule has 2 N–H and O–H groups in total. The molecule has 1 saturated heterocycles. The summed E-state index contributed by atoms with van der Waals surface area (Å²) in [6, 6.07) is 15.5. The van der Waals surface area contributed by atoms with E-state index in [4.69, 9.17) is 0 Å². The molecule has 1 fully saturated rings. The number of amides is 2. The predicted octanol–water partition coefficient (Wildman–Crippen LogP) is 2.54. The highest BCUT2D eigenvalue weighted by atomic mass is 16.2. The number of hydrogen-bond donors (Lipinski definition) is 2. The summed E-state index contributed by atoms with van der Waals surface area (Å²) in [5.74, 6) is -0.453. The van der Waals surface area contributed by atoms with E-state index >= 15 is 0 Å². The van der Waals surface area contributed by atoms with E-state index in [1.54, 1.807) is 4.90 Å². The Balaban J connectivity index is 1.41. The molecule has 0 bridgehead atoms. The van der Waals surface area contributed by atoms with Gasteiger partial charge in [-0.05, 0) is 25.1 Å². The smallest absolute Gasteiger partial charge is 0.227 e. The zero-order chi connectivity index (χ0) is 18.1. The Labute approximate surface area is 151 Å². The van der Waals surface area contributed by atoms with Gasteiger partial charge in [0.15, 0.2) is 0 Å². The molecule has 0 aliphatic carbocycles. The van der Waals surface area contributed by atoms with Crippen molar-refractivity contribution in [2.75, 3.05) is 11.4 Å². The van der Waals surface area contributed by atoms with Gasteiger partial charge in [-0.15, -0.1) is 0 Å². The number of rotatable bonds is 4. The van der Waals surface area contributed by atoms with Crippen molar-refractivity contribution in [1.82, 2.24) is 15.5 Å². The van der Waals surface area contributed by atoms with Gasteiger partial charge in [0.05, 0.1) is 23.7 Å². The first-order valence-electron chi connectivity index (χ1n) is 8.68. The van der Waals surface area contributed by atoms with Crippen molar-refractivity contribution in [2.45, 2.75) is 19.9 Å². The summed E-state index contributed by atoms with van der Waals surface area (Å²) in [5, 5.41) is 11.1. The van der Waals surface area contributed by atoms with Crippen molar-refractivity contribution < 1.29 is 9.59 Å². The van der Waals surface area contributed by atoms with E-state index < -0.39 is 0 Å². The van der Waals surface area contributed by atoms with Gasteiger partial charge in [-0.3, -0.25) is 14.7 Å². The molecule has 6 heteroatoms. The highest BCUT2D eigenvalue weighted by molar-refractivity contribution is 6.00. The maximum absolute atomic E-state index is 12.5. The molecule has 1 aliphatic heterocycles. The molecule has 2 amide bonds. The molecule has 0 spiro atoms. The molecule has 2 heterocycles. The number of nitrogens with zero attached hydrogens (tertiary/aromatic N) is 2. The van der Waals surface area contributed by atoms with E-state index in [9.17, 15) is 9.59 Å². The minimum atomic E-state index is -0.335. The Hall–Kier alpha value is -3.15. The number of carbonyl (C=O) groups excluding carboxylic acids is 2. The summed E-state index contributed by atoms with van der Waals surface area (Å²) in [4.78, 5) is 26.5. The van der Waals surface area contributed by atoms with Gasteiger partial charge in [0.25, 0.3) is 0 Å². The van der Waals surface area contributed by atoms with Crippen LogP contribution in [-0.4, -0.2) is 28.6 Å². The third kappa shape index (κ3) is 3.06. The van der Waals surface area contributed by atoms with Crippen molar-refractivity contribution in [3.05, 3.63) is 59.8 Å². The van der Waals surface area contributed by atoms with Crippen LogP contribution in [0.2, 0.25) is 0 Å². The lowest BCUT2D eigenvalue weighted by molar-refractivity contribution is -0.126. The number of nitrogens with one attached hydrogen (secondary N) is 2. The van der Waals surface area contributed by atoms with Crippen LogP contribution in [0.4, 0.5) is 5.69 Å². The fourth-order valence-electron chi connectivity index (χ4n) is 3.33. The highest BCUT2D eigenvalue weighted by Gasteiger charge is 2.35. The average molecular weight is 348 g/mol. The molecule has 4 rings (SSSR count). The van der Waals surface area contributed by atoms with E-state index in [1.165, 1.54) is 0 Å². The minimum Gasteiger partial charge on any atom is -0.350 e. The molecule has 26 heavy (non-hydrogen) atoms. The Morgan fingerprint density at radius 1 is 1.23 bits per heavy atom. The summed E-state index contributed by atoms with van der Waals surface area (Å²) < 4.78 is 0. The van der Waals surface area contributed by atoms with Crippen LogP contribution < -0.4 is 10.2 Å². The first-order chi connectivity index (χ1) is 12.6. The quantitative estimate of drug-likeness (QED) is 0.760. The van der Waals surface area contributed by atoms with Gasteiger partial charge < -0.3 is 10.2 Å². The van der Waals surface area contributed by atoms with Gasteiger partial charge in [-0.2, -0.15) is 5.10 Å². The van der Waals surface area contributed by atoms with Crippen molar-refractivity contribution in [3.8, 4) is 0 Å². The van der Waals surface area contributed by atoms with E-state index in [2.05, 4.69) is 15.5 Å². The standard InChI is InChI=1S/C20H20N4O2/c1-13-6-8-15(9-7-13)24-12-14(10-19(24)25)20(26)21-11-18-16-4-2-3-5-17(16)22-23-18/h2-9,14H,10-12H2,1H3,(H,21,26)(H,22,23)/t14-/m1/s1. The number of benzene rings is 2. The molecule has 1 aliphatic rings. The maximum Gasteiger partial charge on any atom is 0.227 e. The number of hydrogen-bond acceptors (Lipinski definition) is 3. The van der Waals surface area contributed by atoms with Crippen LogP contribution in [0.3, 0.4) is 0 Å². The maximum atomic E-state index is 12.5. The SMILES string of the molecule is Cc1ccc(N2C[C@H](C(=O)NCc3[nH]nc4ccccc34)CC2=O)cc1. The van der Waals surface area contributed by atoms with Gasteiger partial charge in [0, 0.05) is 24.0 Å². The molecule has 132 valence electrons. The number of para-hydroxylation sites is 1. The second-order valence-corrected chi connectivity index (χ2v) is 6.68. The number of fused-ring (bicyclic) bond motifs is 1. The zero-order valence-electron chi connectivity index (χ0n) is 14.5. The lowest BCUT2D eigenvalue weighted by atomic mass is 10.1. The Morgan fingerprint density at radius 3 is 2.81 bits per heavy atom. The van der Waals surface area contributed by atoms with Crippen molar-refractivity contribution in [1.29, 1.82) is 0 Å². The predicted molar refractivity (Wildman–Crippen MR) is 99.6 cm³/mol. The number of anilines is 1. The minimum absolute atomic E-state index is 0.0130. The largest absolute Gasteiger partial charge is 0.350 e. The lowest BCUT2D eigenvalue weighted by Gasteiger charge is -2.17. The summed E-state index contributed by atoms with van der Waals surface area (Å²) in [5.41, 5.74) is 3.73. The second kappa shape index (κ2) is 6.63. The van der Waals surface area contributed by atoms with Crippen LogP contribution in [0, 0.1) is 12.8 Å². The van der Waals surface area contributed by atoms with Crippen LogP contribution in [-0.2, 0) is 16.1 Å². The topological polar surface area (TPSA) is 78.1 Å². The molecule has 1 aromatic heterocycles. The first-order valence-corrected chi connectivity index (χ1v) is 8.68. The summed E-state index contributed by atoms with van der Waals surface area (Å²) in [6.45, 7) is 2.79. The van der Waals surface area contributed by atoms with Crippen molar-refractivity contribution >= 4 is 28.4 Å². The normalized spacial score (nSPS) is 17.0. The van der Waals surface area contributed by atoms with Crippen molar-refractivity contribution in [2.24, 2.45) is 5.92 Å². The third-order valence-corrected chi connectivity index (χ3v) is 4.82. The molecule has 0 radical (unpaired) electrons. The number of aromatic nitrogens is 2. The Kier molecular flexibility index (Phi) is 4.16. The summed E-state index contributed by atoms with van der Waals surface area (Å²) >= 11 is 0. The van der Waals surface area contributed by atoms with Gasteiger partial charge in [-0.1, -0.05) is 35.9 Å². The molecule has 1 atom stereocenters. The zero-order valence-corrected chi connectivity index (χ0v) is 14.5.